The first kappa shape index (κ1) is 9.26. The molecule has 0 fully saturated rings. The standard InChI is InChI=1S/C9H17N3/c1-4-10-6-8-5-9(7(2)3)12-11-8/h5,7,10H,4,6H2,1-3H3,(H,11,12). The molecule has 0 aliphatic rings. The highest BCUT2D eigenvalue weighted by atomic mass is 15.1. The largest absolute Gasteiger partial charge is 0.311 e. The highest BCUT2D eigenvalue weighted by Gasteiger charge is 2.03. The van der Waals surface area contributed by atoms with Crippen molar-refractivity contribution >= 4 is 0 Å². The zero-order valence-corrected chi connectivity index (χ0v) is 8.02. The predicted octanol–water partition coefficient (Wildman–Crippen LogP) is 1.64. The average molecular weight is 167 g/mol. The average Bonchev–Trinajstić information content (AvgIpc) is 2.48. The summed E-state index contributed by atoms with van der Waals surface area (Å²) in [5.41, 5.74) is 2.31. The van der Waals surface area contributed by atoms with Crippen LogP contribution >= 0.6 is 0 Å². The monoisotopic (exact) mass is 167 g/mol. The Morgan fingerprint density at radius 3 is 2.83 bits per heavy atom. The number of hydrogen-bond donors (Lipinski definition) is 2. The number of nitrogens with one attached hydrogen (secondary N) is 2. The van der Waals surface area contributed by atoms with Gasteiger partial charge in [0.15, 0.2) is 0 Å². The third-order valence-electron chi connectivity index (χ3n) is 1.81. The second-order valence-electron chi connectivity index (χ2n) is 3.25. The number of aromatic nitrogens is 2. The number of aromatic amines is 1. The van der Waals surface area contributed by atoms with Crippen LogP contribution < -0.4 is 5.32 Å². The van der Waals surface area contributed by atoms with Crippen molar-refractivity contribution < 1.29 is 0 Å². The lowest BCUT2D eigenvalue weighted by Gasteiger charge is -1.96. The summed E-state index contributed by atoms with van der Waals surface area (Å²) in [7, 11) is 0. The zero-order chi connectivity index (χ0) is 8.97. The lowest BCUT2D eigenvalue weighted by molar-refractivity contribution is 0.707. The Hall–Kier alpha value is -0.830. The van der Waals surface area contributed by atoms with E-state index in [1.54, 1.807) is 0 Å². The molecule has 68 valence electrons. The van der Waals surface area contributed by atoms with E-state index in [4.69, 9.17) is 0 Å². The van der Waals surface area contributed by atoms with E-state index in [0.717, 1.165) is 18.8 Å². The Morgan fingerprint density at radius 2 is 2.33 bits per heavy atom. The highest BCUT2D eigenvalue weighted by Crippen LogP contribution is 2.11. The van der Waals surface area contributed by atoms with Crippen LogP contribution in [0.1, 0.15) is 38.1 Å². The molecule has 2 N–H and O–H groups in total. The van der Waals surface area contributed by atoms with Crippen LogP contribution in [0.15, 0.2) is 6.07 Å². The van der Waals surface area contributed by atoms with Crippen molar-refractivity contribution in [2.45, 2.75) is 33.2 Å². The van der Waals surface area contributed by atoms with Gasteiger partial charge in [-0.2, -0.15) is 5.10 Å². The summed E-state index contributed by atoms with van der Waals surface area (Å²) in [5, 5.41) is 10.5. The molecule has 12 heavy (non-hydrogen) atoms. The van der Waals surface area contributed by atoms with Crippen molar-refractivity contribution in [2.75, 3.05) is 6.54 Å². The zero-order valence-electron chi connectivity index (χ0n) is 8.02. The minimum atomic E-state index is 0.511. The summed E-state index contributed by atoms with van der Waals surface area (Å²) >= 11 is 0. The summed E-state index contributed by atoms with van der Waals surface area (Å²) < 4.78 is 0. The van der Waals surface area contributed by atoms with Gasteiger partial charge in [0.05, 0.1) is 5.69 Å². The van der Waals surface area contributed by atoms with E-state index >= 15 is 0 Å². The molecule has 0 atom stereocenters. The van der Waals surface area contributed by atoms with Gasteiger partial charge in [-0.25, -0.2) is 0 Å². The number of hydrogen-bond acceptors (Lipinski definition) is 2. The van der Waals surface area contributed by atoms with Crippen LogP contribution in [0.2, 0.25) is 0 Å². The van der Waals surface area contributed by atoms with Gasteiger partial charge in [-0.3, -0.25) is 5.10 Å². The summed E-state index contributed by atoms with van der Waals surface area (Å²) in [6, 6.07) is 2.12. The third kappa shape index (κ3) is 2.34. The van der Waals surface area contributed by atoms with Gasteiger partial charge in [0, 0.05) is 12.2 Å². The molecule has 1 heterocycles. The number of H-pyrrole nitrogens is 1. The minimum Gasteiger partial charge on any atom is -0.311 e. The van der Waals surface area contributed by atoms with Crippen LogP contribution in [0.4, 0.5) is 0 Å². The van der Waals surface area contributed by atoms with Crippen molar-refractivity contribution in [1.82, 2.24) is 15.5 Å². The number of nitrogens with zero attached hydrogens (tertiary/aromatic N) is 1. The van der Waals surface area contributed by atoms with Gasteiger partial charge < -0.3 is 5.32 Å². The second kappa shape index (κ2) is 4.26. The molecular formula is C9H17N3. The first-order chi connectivity index (χ1) is 5.74. The lowest BCUT2D eigenvalue weighted by atomic mass is 10.1. The van der Waals surface area contributed by atoms with Gasteiger partial charge in [-0.05, 0) is 18.5 Å². The van der Waals surface area contributed by atoms with E-state index in [2.05, 4.69) is 42.4 Å². The van der Waals surface area contributed by atoms with Gasteiger partial charge in [0.1, 0.15) is 0 Å². The summed E-state index contributed by atoms with van der Waals surface area (Å²) in [4.78, 5) is 0. The van der Waals surface area contributed by atoms with E-state index in [-0.39, 0.29) is 0 Å². The normalized spacial score (nSPS) is 11.0. The van der Waals surface area contributed by atoms with Gasteiger partial charge in [-0.15, -0.1) is 0 Å². The fourth-order valence-electron chi connectivity index (χ4n) is 1.03. The molecule has 0 aliphatic heterocycles. The molecule has 3 nitrogen and oxygen atoms in total. The van der Waals surface area contributed by atoms with Crippen molar-refractivity contribution in [2.24, 2.45) is 0 Å². The molecule has 0 bridgehead atoms. The molecule has 0 aliphatic carbocycles. The Kier molecular flexibility index (Phi) is 3.29. The summed E-state index contributed by atoms with van der Waals surface area (Å²) in [6.45, 7) is 8.27. The van der Waals surface area contributed by atoms with Crippen molar-refractivity contribution in [1.29, 1.82) is 0 Å². The van der Waals surface area contributed by atoms with Crippen LogP contribution in [0.5, 0.6) is 0 Å². The molecule has 0 spiro atoms. The van der Waals surface area contributed by atoms with Crippen LogP contribution in [-0.4, -0.2) is 16.7 Å². The summed E-state index contributed by atoms with van der Waals surface area (Å²) in [5.74, 6) is 0.511. The fraction of sp³-hybridized carbons (Fsp3) is 0.667. The molecular weight excluding hydrogens is 150 g/mol. The Balaban J connectivity index is 2.52. The third-order valence-corrected chi connectivity index (χ3v) is 1.81. The smallest absolute Gasteiger partial charge is 0.0650 e. The molecule has 0 amide bonds. The van der Waals surface area contributed by atoms with Crippen molar-refractivity contribution in [3.63, 3.8) is 0 Å². The van der Waals surface area contributed by atoms with E-state index < -0.39 is 0 Å². The van der Waals surface area contributed by atoms with Gasteiger partial charge in [0.2, 0.25) is 0 Å². The van der Waals surface area contributed by atoms with Crippen molar-refractivity contribution in [3.05, 3.63) is 17.5 Å². The van der Waals surface area contributed by atoms with E-state index in [1.165, 1.54) is 5.69 Å². The van der Waals surface area contributed by atoms with Crippen LogP contribution in [-0.2, 0) is 6.54 Å². The maximum absolute atomic E-state index is 4.20. The van der Waals surface area contributed by atoms with Crippen molar-refractivity contribution in [3.8, 4) is 0 Å². The van der Waals surface area contributed by atoms with Crippen LogP contribution in [0.25, 0.3) is 0 Å². The van der Waals surface area contributed by atoms with E-state index in [9.17, 15) is 0 Å². The molecule has 0 saturated heterocycles. The molecule has 1 aromatic rings. The molecule has 3 heteroatoms. The number of rotatable bonds is 4. The Bertz CT molecular complexity index is 227. The molecule has 0 saturated carbocycles. The lowest BCUT2D eigenvalue weighted by Crippen LogP contribution is -2.11. The molecule has 0 unspecified atom stereocenters. The van der Waals surface area contributed by atoms with Gasteiger partial charge in [-0.1, -0.05) is 20.8 Å². The molecule has 0 aromatic carbocycles. The summed E-state index contributed by atoms with van der Waals surface area (Å²) in [6.07, 6.45) is 0. The Labute approximate surface area is 73.6 Å². The minimum absolute atomic E-state index is 0.511. The SMILES string of the molecule is CCNCc1cc(C(C)C)n[nH]1. The molecule has 1 rings (SSSR count). The fourth-order valence-corrected chi connectivity index (χ4v) is 1.03. The Morgan fingerprint density at radius 1 is 1.58 bits per heavy atom. The van der Waals surface area contributed by atoms with Crippen LogP contribution in [0.3, 0.4) is 0 Å². The highest BCUT2D eigenvalue weighted by molar-refractivity contribution is 5.11. The maximum atomic E-state index is 4.20. The maximum Gasteiger partial charge on any atom is 0.0650 e. The van der Waals surface area contributed by atoms with E-state index in [0.29, 0.717) is 5.92 Å². The molecule has 1 aromatic heterocycles. The first-order valence-electron chi connectivity index (χ1n) is 4.49. The van der Waals surface area contributed by atoms with Crippen LogP contribution in [0, 0.1) is 0 Å². The van der Waals surface area contributed by atoms with Gasteiger partial charge in [0.25, 0.3) is 0 Å². The first-order valence-corrected chi connectivity index (χ1v) is 4.49. The predicted molar refractivity (Wildman–Crippen MR) is 50.1 cm³/mol. The second-order valence-corrected chi connectivity index (χ2v) is 3.25. The van der Waals surface area contributed by atoms with E-state index in [1.807, 2.05) is 0 Å². The molecule has 0 radical (unpaired) electrons. The quantitative estimate of drug-likeness (QED) is 0.715. The van der Waals surface area contributed by atoms with Gasteiger partial charge >= 0.3 is 0 Å². The topological polar surface area (TPSA) is 40.7 Å².